The van der Waals surface area contributed by atoms with Gasteiger partial charge in [0.1, 0.15) is 11.3 Å². The summed E-state index contributed by atoms with van der Waals surface area (Å²) in [5.74, 6) is 5.42. The topological polar surface area (TPSA) is 54.7 Å². The van der Waals surface area contributed by atoms with E-state index in [4.69, 9.17) is 22.3 Å². The summed E-state index contributed by atoms with van der Waals surface area (Å²) in [6.45, 7) is 0. The fraction of sp³-hybridized carbons (Fsp3) is 0.588. The number of benzene rings is 1. The third-order valence-electron chi connectivity index (χ3n) is 6.14. The van der Waals surface area contributed by atoms with Crippen molar-refractivity contribution in [1.29, 1.82) is 0 Å². The monoisotopic (exact) mass is 301 g/mol. The van der Waals surface area contributed by atoms with E-state index >= 15 is 0 Å². The van der Waals surface area contributed by atoms with Gasteiger partial charge in [-0.3, -0.25) is 0 Å². The molecule has 3 nitrogen and oxygen atoms in total. The van der Waals surface area contributed by atoms with Gasteiger partial charge in [0.25, 0.3) is 0 Å². The zero-order valence-corrected chi connectivity index (χ0v) is 12.7. The molecule has 4 saturated carbocycles. The Morgan fingerprint density at radius 2 is 1.71 bits per heavy atom. The first kappa shape index (κ1) is 12.3. The summed E-state index contributed by atoms with van der Waals surface area (Å²) < 4.78 is 0. The van der Waals surface area contributed by atoms with Crippen molar-refractivity contribution >= 4 is 28.3 Å². The molecule has 4 heteroatoms. The predicted octanol–water partition coefficient (Wildman–Crippen LogP) is 4.34. The number of nitrogen functional groups attached to an aromatic ring is 1. The lowest BCUT2D eigenvalue weighted by molar-refractivity contribution is -0.00528. The number of hydrogen-bond donors (Lipinski definition) is 2. The maximum atomic E-state index is 6.11. The maximum Gasteiger partial charge on any atom is 0.112 e. The van der Waals surface area contributed by atoms with Crippen LogP contribution in [0, 0.1) is 23.7 Å². The van der Waals surface area contributed by atoms with Crippen molar-refractivity contribution in [2.75, 3.05) is 5.73 Å². The van der Waals surface area contributed by atoms with E-state index < -0.39 is 0 Å². The number of imidazole rings is 1. The molecule has 4 aliphatic rings. The zero-order chi connectivity index (χ0) is 14.1. The van der Waals surface area contributed by atoms with Gasteiger partial charge in [0, 0.05) is 10.9 Å². The van der Waals surface area contributed by atoms with E-state index in [1.54, 1.807) is 6.07 Å². The molecular formula is C17H20ClN3. The molecule has 1 heterocycles. The first-order valence-corrected chi connectivity index (χ1v) is 8.50. The Hall–Kier alpha value is -1.22. The summed E-state index contributed by atoms with van der Waals surface area (Å²) in [5, 5.41) is 0.681. The van der Waals surface area contributed by atoms with Crippen LogP contribution in [0.4, 0.5) is 5.69 Å². The Morgan fingerprint density at radius 1 is 1.05 bits per heavy atom. The lowest BCUT2D eigenvalue weighted by Crippen LogP contribution is -2.44. The van der Waals surface area contributed by atoms with Gasteiger partial charge in [-0.15, -0.1) is 0 Å². The van der Waals surface area contributed by atoms with Gasteiger partial charge in [-0.1, -0.05) is 11.6 Å². The van der Waals surface area contributed by atoms with Gasteiger partial charge in [0.05, 0.1) is 11.2 Å². The summed E-state index contributed by atoms with van der Waals surface area (Å²) in [5.41, 5.74) is 8.64. The van der Waals surface area contributed by atoms with E-state index in [0.717, 1.165) is 40.5 Å². The summed E-state index contributed by atoms with van der Waals surface area (Å²) in [6, 6.07) is 3.74. The highest BCUT2D eigenvalue weighted by Crippen LogP contribution is 2.59. The van der Waals surface area contributed by atoms with Crippen molar-refractivity contribution in [2.45, 2.75) is 38.0 Å². The number of aromatic nitrogens is 2. The fourth-order valence-electron chi connectivity index (χ4n) is 5.66. The van der Waals surface area contributed by atoms with Crippen LogP contribution in [0.15, 0.2) is 12.1 Å². The molecule has 4 bridgehead atoms. The molecule has 0 spiro atoms. The number of nitrogens with one attached hydrogen (secondary N) is 1. The Labute approximate surface area is 129 Å². The first-order valence-electron chi connectivity index (χ1n) is 8.12. The number of nitrogens with two attached hydrogens (primary N) is 1. The molecule has 0 unspecified atom stereocenters. The van der Waals surface area contributed by atoms with E-state index in [2.05, 4.69) is 4.98 Å². The van der Waals surface area contributed by atoms with Crippen LogP contribution in [0.2, 0.25) is 5.02 Å². The highest BCUT2D eigenvalue weighted by Gasteiger charge is 2.49. The average Bonchev–Trinajstić information content (AvgIpc) is 2.81. The molecule has 0 radical (unpaired) electrons. The molecular weight excluding hydrogens is 282 g/mol. The van der Waals surface area contributed by atoms with Crippen LogP contribution >= 0.6 is 11.6 Å². The smallest absolute Gasteiger partial charge is 0.112 e. The van der Waals surface area contributed by atoms with Crippen LogP contribution in [0.3, 0.4) is 0 Å². The van der Waals surface area contributed by atoms with Crippen molar-refractivity contribution in [3.63, 3.8) is 0 Å². The minimum Gasteiger partial charge on any atom is -0.397 e. The molecule has 0 amide bonds. The van der Waals surface area contributed by atoms with Gasteiger partial charge >= 0.3 is 0 Å². The van der Waals surface area contributed by atoms with Crippen molar-refractivity contribution < 1.29 is 0 Å². The van der Waals surface area contributed by atoms with Crippen LogP contribution in [0.5, 0.6) is 0 Å². The molecule has 110 valence electrons. The van der Waals surface area contributed by atoms with Gasteiger partial charge in [0.2, 0.25) is 0 Å². The van der Waals surface area contributed by atoms with Crippen molar-refractivity contribution in [3.8, 4) is 0 Å². The normalized spacial score (nSPS) is 37.5. The Balaban J connectivity index is 1.60. The highest BCUT2D eigenvalue weighted by atomic mass is 35.5. The number of halogens is 1. The van der Waals surface area contributed by atoms with Crippen LogP contribution in [0.1, 0.15) is 43.8 Å². The molecule has 2 aromatic rings. The van der Waals surface area contributed by atoms with Crippen molar-refractivity contribution in [3.05, 3.63) is 23.0 Å². The average molecular weight is 302 g/mol. The second-order valence-electron chi connectivity index (χ2n) is 7.47. The summed E-state index contributed by atoms with van der Waals surface area (Å²) in [7, 11) is 0. The van der Waals surface area contributed by atoms with E-state index in [-0.39, 0.29) is 0 Å². The molecule has 1 aromatic carbocycles. The molecule has 1 aromatic heterocycles. The van der Waals surface area contributed by atoms with E-state index in [1.807, 2.05) is 6.07 Å². The van der Waals surface area contributed by atoms with Gasteiger partial charge < -0.3 is 10.7 Å². The molecule has 0 saturated heterocycles. The Bertz CT molecular complexity index is 692. The van der Waals surface area contributed by atoms with Gasteiger partial charge in [0.15, 0.2) is 0 Å². The molecule has 21 heavy (non-hydrogen) atoms. The molecule has 4 fully saturated rings. The minimum absolute atomic E-state index is 0.614. The number of rotatable bonds is 1. The second-order valence-corrected chi connectivity index (χ2v) is 7.91. The third kappa shape index (κ3) is 1.76. The largest absolute Gasteiger partial charge is 0.397 e. The number of nitrogens with zero attached hydrogens (tertiary/aromatic N) is 1. The quantitative estimate of drug-likeness (QED) is 0.770. The summed E-state index contributed by atoms with van der Waals surface area (Å²) in [6.07, 6.45) is 7.12. The number of hydrogen-bond acceptors (Lipinski definition) is 2. The summed E-state index contributed by atoms with van der Waals surface area (Å²) >= 11 is 6.11. The summed E-state index contributed by atoms with van der Waals surface area (Å²) in [4.78, 5) is 8.39. The lowest BCUT2D eigenvalue weighted by Gasteiger charge is -2.53. The van der Waals surface area contributed by atoms with E-state index in [9.17, 15) is 0 Å². The van der Waals surface area contributed by atoms with E-state index in [0.29, 0.717) is 16.6 Å². The molecule has 0 aliphatic heterocycles. The Morgan fingerprint density at radius 3 is 2.38 bits per heavy atom. The van der Waals surface area contributed by atoms with Crippen LogP contribution in [0.25, 0.3) is 11.0 Å². The second kappa shape index (κ2) is 4.16. The molecule has 0 atom stereocenters. The van der Waals surface area contributed by atoms with Crippen molar-refractivity contribution in [1.82, 2.24) is 9.97 Å². The Kier molecular flexibility index (Phi) is 2.44. The van der Waals surface area contributed by atoms with Crippen LogP contribution in [-0.2, 0) is 0 Å². The van der Waals surface area contributed by atoms with Crippen LogP contribution < -0.4 is 5.73 Å². The van der Waals surface area contributed by atoms with Crippen molar-refractivity contribution in [2.24, 2.45) is 23.7 Å². The number of H-pyrrole nitrogens is 1. The zero-order valence-electron chi connectivity index (χ0n) is 12.0. The number of anilines is 1. The fourth-order valence-corrected chi connectivity index (χ4v) is 5.88. The van der Waals surface area contributed by atoms with Gasteiger partial charge in [-0.25, -0.2) is 4.98 Å². The third-order valence-corrected chi connectivity index (χ3v) is 6.36. The SMILES string of the molecule is Nc1cc(Cl)cc2[nH]c(C3C4CC5CC(C4)CC3C5)nc12. The first-order chi connectivity index (χ1) is 10.2. The maximum absolute atomic E-state index is 6.11. The standard InChI is InChI=1S/C17H20ClN3/c18-12-6-13(19)16-14(7-12)20-17(21-16)15-10-2-8-1-9(4-10)5-11(15)3-8/h6-11,15H,1-5,19H2,(H,20,21). The predicted molar refractivity (Wildman–Crippen MR) is 85.3 cm³/mol. The number of fused-ring (bicyclic) bond motifs is 1. The highest BCUT2D eigenvalue weighted by molar-refractivity contribution is 6.31. The van der Waals surface area contributed by atoms with Gasteiger partial charge in [-0.05, 0) is 67.9 Å². The molecule has 3 N–H and O–H groups in total. The van der Waals surface area contributed by atoms with Gasteiger partial charge in [-0.2, -0.15) is 0 Å². The minimum atomic E-state index is 0.614. The van der Waals surface area contributed by atoms with Crippen LogP contribution in [-0.4, -0.2) is 9.97 Å². The molecule has 4 aliphatic carbocycles. The molecule has 6 rings (SSSR count). The lowest BCUT2D eigenvalue weighted by atomic mass is 9.52. The number of aromatic amines is 1. The van der Waals surface area contributed by atoms with E-state index in [1.165, 1.54) is 32.1 Å².